The molecule has 10 heteroatoms. The van der Waals surface area contributed by atoms with Gasteiger partial charge in [-0.15, -0.1) is 0 Å². The van der Waals surface area contributed by atoms with Gasteiger partial charge in [-0.3, -0.25) is 4.57 Å². The van der Waals surface area contributed by atoms with Gasteiger partial charge >= 0.3 is 6.08 Å². The summed E-state index contributed by atoms with van der Waals surface area (Å²) in [7, 11) is 0. The number of hydrogen-bond acceptors (Lipinski definition) is 8. The van der Waals surface area contributed by atoms with E-state index in [1.54, 1.807) is 0 Å². The molecule has 0 bridgehead atoms. The number of hydrogen-bond donors (Lipinski definition) is 4. The molecule has 1 aliphatic rings. The molecule has 1 saturated heterocycles. The number of aromatic nitrogens is 4. The summed E-state index contributed by atoms with van der Waals surface area (Å²) < 4.78 is 20.0. The summed E-state index contributed by atoms with van der Waals surface area (Å²) in [5.41, 5.74) is 5.73. The Morgan fingerprint density at radius 1 is 1.38 bits per heavy atom. The summed E-state index contributed by atoms with van der Waals surface area (Å²) in [5.74, 6) is -0.142. The fourth-order valence-corrected chi connectivity index (χ4v) is 2.41. The molecule has 3 rings (SSSR count). The first-order valence-corrected chi connectivity index (χ1v) is 6.25. The summed E-state index contributed by atoms with van der Waals surface area (Å²) in [6.45, 7) is 1.43. The average Bonchev–Trinajstić information content (AvgIpc) is 2.93. The minimum Gasteiger partial charge on any atom is -0.391 e. The number of halogens is 1. The van der Waals surface area contributed by atoms with E-state index in [4.69, 9.17) is 10.5 Å². The molecule has 9 nitrogen and oxygen atoms in total. The third-order valence-electron chi connectivity index (χ3n) is 3.45. The lowest BCUT2D eigenvalue weighted by molar-refractivity contribution is -0.0777. The molecule has 0 amide bonds. The molecule has 5 unspecified atom stereocenters. The van der Waals surface area contributed by atoms with Crippen molar-refractivity contribution in [2.24, 2.45) is 0 Å². The highest BCUT2D eigenvalue weighted by molar-refractivity contribution is 5.81. The van der Waals surface area contributed by atoms with Gasteiger partial charge in [0.05, 0.1) is 12.4 Å². The second-order valence-corrected chi connectivity index (χ2v) is 4.91. The summed E-state index contributed by atoms with van der Waals surface area (Å²) in [6, 6.07) is 0. The third kappa shape index (κ3) is 2.12. The van der Waals surface area contributed by atoms with Crippen molar-refractivity contribution in [2.75, 3.05) is 5.73 Å². The van der Waals surface area contributed by atoms with Crippen LogP contribution in [-0.2, 0) is 4.74 Å². The first kappa shape index (κ1) is 14.1. The number of anilines is 1. The molecule has 1 fully saturated rings. The maximum absolute atomic E-state index is 13.3. The predicted octanol–water partition coefficient (Wildman–Crippen LogP) is -1.45. The third-order valence-corrected chi connectivity index (χ3v) is 3.45. The predicted molar refractivity (Wildman–Crippen MR) is 67.3 cm³/mol. The van der Waals surface area contributed by atoms with Crippen LogP contribution in [-0.4, -0.2) is 59.3 Å². The van der Waals surface area contributed by atoms with Crippen molar-refractivity contribution in [3.05, 3.63) is 12.4 Å². The van der Waals surface area contributed by atoms with Gasteiger partial charge in [-0.2, -0.15) is 14.4 Å². The molecule has 0 aromatic carbocycles. The number of imidazole rings is 1. The standard InChI is InChI=1S/C11H14FN5O4/c1-3(18)7-5(19)6(20)10(21-7)17-2-14-4-8(13)15-11(12)16-9(4)17/h2-3,5-7,10,18-20H,1H3,(H2,13,15,16). The van der Waals surface area contributed by atoms with E-state index in [0.717, 1.165) is 0 Å². The largest absolute Gasteiger partial charge is 0.391 e. The second kappa shape index (κ2) is 4.84. The summed E-state index contributed by atoms with van der Waals surface area (Å²) >= 11 is 0. The second-order valence-electron chi connectivity index (χ2n) is 4.91. The van der Waals surface area contributed by atoms with Crippen molar-refractivity contribution >= 4 is 17.0 Å². The van der Waals surface area contributed by atoms with Gasteiger partial charge in [-0.05, 0) is 6.92 Å². The fourth-order valence-electron chi connectivity index (χ4n) is 2.41. The molecule has 0 spiro atoms. The highest BCUT2D eigenvalue weighted by Crippen LogP contribution is 2.33. The van der Waals surface area contributed by atoms with Crippen LogP contribution >= 0.6 is 0 Å². The van der Waals surface area contributed by atoms with E-state index in [-0.39, 0.29) is 17.0 Å². The van der Waals surface area contributed by atoms with Crippen LogP contribution in [0.2, 0.25) is 0 Å². The lowest BCUT2D eigenvalue weighted by atomic mass is 10.1. The Bertz CT molecular complexity index is 678. The Morgan fingerprint density at radius 3 is 2.71 bits per heavy atom. The molecule has 1 aliphatic heterocycles. The topological polar surface area (TPSA) is 140 Å². The van der Waals surface area contributed by atoms with Gasteiger partial charge in [0.15, 0.2) is 23.2 Å². The molecule has 21 heavy (non-hydrogen) atoms. The smallest absolute Gasteiger partial charge is 0.312 e. The van der Waals surface area contributed by atoms with Crippen LogP contribution in [0.5, 0.6) is 0 Å². The van der Waals surface area contributed by atoms with E-state index < -0.39 is 36.7 Å². The Labute approximate surface area is 117 Å². The number of nitrogens with zero attached hydrogens (tertiary/aromatic N) is 4. The van der Waals surface area contributed by atoms with Crippen molar-refractivity contribution in [1.82, 2.24) is 19.5 Å². The van der Waals surface area contributed by atoms with Gasteiger partial charge in [0.25, 0.3) is 0 Å². The zero-order valence-electron chi connectivity index (χ0n) is 11.0. The number of aliphatic hydroxyl groups excluding tert-OH is 3. The molecular weight excluding hydrogens is 285 g/mol. The van der Waals surface area contributed by atoms with Crippen LogP contribution < -0.4 is 5.73 Å². The molecule has 5 atom stereocenters. The van der Waals surface area contributed by atoms with Gasteiger partial charge in [-0.1, -0.05) is 0 Å². The van der Waals surface area contributed by atoms with E-state index in [9.17, 15) is 19.7 Å². The minimum atomic E-state index is -1.33. The van der Waals surface area contributed by atoms with Gasteiger partial charge in [0.1, 0.15) is 18.3 Å². The van der Waals surface area contributed by atoms with Gasteiger partial charge in [0.2, 0.25) is 0 Å². The number of rotatable bonds is 2. The summed E-state index contributed by atoms with van der Waals surface area (Å²) in [5, 5.41) is 29.5. The first-order valence-electron chi connectivity index (χ1n) is 6.25. The lowest BCUT2D eigenvalue weighted by Crippen LogP contribution is -2.37. The number of fused-ring (bicyclic) bond motifs is 1. The summed E-state index contributed by atoms with van der Waals surface area (Å²) in [4.78, 5) is 10.9. The Hall–Kier alpha value is -1.88. The van der Waals surface area contributed by atoms with Crippen molar-refractivity contribution in [3.63, 3.8) is 0 Å². The SMILES string of the molecule is CC(O)C1OC(n2cnc3c(N)nc(F)nc32)C(O)C1O. The lowest BCUT2D eigenvalue weighted by Gasteiger charge is -2.17. The monoisotopic (exact) mass is 299 g/mol. The molecule has 0 aliphatic carbocycles. The molecule has 3 heterocycles. The van der Waals surface area contributed by atoms with Crippen molar-refractivity contribution in [2.45, 2.75) is 37.6 Å². The molecule has 114 valence electrons. The maximum atomic E-state index is 13.3. The minimum absolute atomic E-state index is 0.0301. The zero-order chi connectivity index (χ0) is 15.3. The summed E-state index contributed by atoms with van der Waals surface area (Å²) in [6.07, 6.45) is -5.46. The van der Waals surface area contributed by atoms with Crippen LogP contribution in [0.3, 0.4) is 0 Å². The first-order chi connectivity index (χ1) is 9.90. The van der Waals surface area contributed by atoms with Crippen LogP contribution in [0.1, 0.15) is 13.2 Å². The molecule has 2 aromatic heterocycles. The number of ether oxygens (including phenoxy) is 1. The van der Waals surface area contributed by atoms with Crippen LogP contribution in [0.4, 0.5) is 10.2 Å². The zero-order valence-corrected chi connectivity index (χ0v) is 11.0. The van der Waals surface area contributed by atoms with Crippen molar-refractivity contribution in [3.8, 4) is 0 Å². The Morgan fingerprint density at radius 2 is 2.10 bits per heavy atom. The van der Waals surface area contributed by atoms with E-state index in [1.165, 1.54) is 17.8 Å². The highest BCUT2D eigenvalue weighted by atomic mass is 19.1. The van der Waals surface area contributed by atoms with E-state index in [0.29, 0.717) is 0 Å². The van der Waals surface area contributed by atoms with E-state index >= 15 is 0 Å². The van der Waals surface area contributed by atoms with Crippen LogP contribution in [0, 0.1) is 6.08 Å². The number of aliphatic hydroxyl groups is 3. The quantitative estimate of drug-likeness (QED) is 0.494. The van der Waals surface area contributed by atoms with Crippen LogP contribution in [0.25, 0.3) is 11.2 Å². The van der Waals surface area contributed by atoms with Crippen molar-refractivity contribution < 1.29 is 24.4 Å². The van der Waals surface area contributed by atoms with Crippen molar-refractivity contribution in [1.29, 1.82) is 0 Å². The Kier molecular flexibility index (Phi) is 3.24. The highest BCUT2D eigenvalue weighted by Gasteiger charge is 2.46. The van der Waals surface area contributed by atoms with Crippen LogP contribution in [0.15, 0.2) is 6.33 Å². The van der Waals surface area contributed by atoms with E-state index in [1.807, 2.05) is 0 Å². The number of nitrogens with two attached hydrogens (primary N) is 1. The number of nitrogen functional groups attached to an aromatic ring is 1. The fraction of sp³-hybridized carbons (Fsp3) is 0.545. The average molecular weight is 299 g/mol. The molecule has 5 N–H and O–H groups in total. The molecule has 0 saturated carbocycles. The van der Waals surface area contributed by atoms with E-state index in [2.05, 4.69) is 15.0 Å². The molecule has 0 radical (unpaired) electrons. The van der Waals surface area contributed by atoms with Gasteiger partial charge in [-0.25, -0.2) is 4.98 Å². The molecule has 2 aromatic rings. The maximum Gasteiger partial charge on any atom is 0.312 e. The Balaban J connectivity index is 2.05. The molecular formula is C11H14FN5O4. The van der Waals surface area contributed by atoms with Gasteiger partial charge < -0.3 is 25.8 Å². The normalized spacial score (nSPS) is 30.9. The van der Waals surface area contributed by atoms with Gasteiger partial charge in [0, 0.05) is 0 Å².